The first-order chi connectivity index (χ1) is 6.06. The van der Waals surface area contributed by atoms with Crippen LogP contribution in [0, 0.1) is 17.5 Å². The van der Waals surface area contributed by atoms with Gasteiger partial charge in [0.25, 0.3) is 0 Å². The van der Waals surface area contributed by atoms with E-state index >= 15 is 0 Å². The predicted molar refractivity (Wildman–Crippen MR) is 43.5 cm³/mol. The third kappa shape index (κ3) is 2.01. The zero-order valence-corrected chi connectivity index (χ0v) is 7.15. The highest BCUT2D eigenvalue weighted by Gasteiger charge is 2.13. The summed E-state index contributed by atoms with van der Waals surface area (Å²) in [7, 11) is 0. The Bertz CT molecular complexity index is 312. The fourth-order valence-corrected chi connectivity index (χ4v) is 1.04. The fourth-order valence-electron chi connectivity index (χ4n) is 1.04. The molecule has 0 bridgehead atoms. The van der Waals surface area contributed by atoms with Gasteiger partial charge in [-0.25, -0.2) is 13.2 Å². The molecule has 1 nitrogen and oxygen atoms in total. The van der Waals surface area contributed by atoms with Crippen molar-refractivity contribution in [1.82, 2.24) is 0 Å². The number of hydrogen-bond donors (Lipinski definition) is 1. The van der Waals surface area contributed by atoms with Gasteiger partial charge >= 0.3 is 0 Å². The molecule has 0 radical (unpaired) electrons. The van der Waals surface area contributed by atoms with Crippen molar-refractivity contribution >= 4 is 0 Å². The lowest BCUT2D eigenvalue weighted by Gasteiger charge is -2.10. The van der Waals surface area contributed by atoms with E-state index in [1.165, 1.54) is 0 Å². The summed E-state index contributed by atoms with van der Waals surface area (Å²) < 4.78 is 38.1. The standard InChI is InChI=1S/C9H10F3N/c1-2-9(13)5-3-7(11)8(12)4-6(5)10/h3-4,9H,2,13H2,1H3/t9-/m0/s1. The minimum atomic E-state index is -1.19. The highest BCUT2D eigenvalue weighted by atomic mass is 19.2. The maximum atomic E-state index is 13.0. The molecule has 1 aromatic carbocycles. The summed E-state index contributed by atoms with van der Waals surface area (Å²) in [4.78, 5) is 0. The Balaban J connectivity index is 3.15. The molecule has 0 aromatic heterocycles. The quantitative estimate of drug-likeness (QED) is 0.711. The highest BCUT2D eigenvalue weighted by molar-refractivity contribution is 5.22. The Kier molecular flexibility index (Phi) is 2.93. The van der Waals surface area contributed by atoms with Gasteiger partial charge in [-0.3, -0.25) is 0 Å². The van der Waals surface area contributed by atoms with Crippen LogP contribution in [0.25, 0.3) is 0 Å². The van der Waals surface area contributed by atoms with Gasteiger partial charge in [-0.05, 0) is 12.5 Å². The van der Waals surface area contributed by atoms with Crippen molar-refractivity contribution in [2.75, 3.05) is 0 Å². The van der Waals surface area contributed by atoms with Crippen molar-refractivity contribution in [2.24, 2.45) is 5.73 Å². The molecule has 13 heavy (non-hydrogen) atoms. The Morgan fingerprint density at radius 3 is 2.23 bits per heavy atom. The van der Waals surface area contributed by atoms with Gasteiger partial charge in [-0.15, -0.1) is 0 Å². The summed E-state index contributed by atoms with van der Waals surface area (Å²) in [6.07, 6.45) is 0.474. The molecule has 0 aliphatic heterocycles. The Morgan fingerprint density at radius 2 is 1.69 bits per heavy atom. The van der Waals surface area contributed by atoms with Crippen LogP contribution in [0.2, 0.25) is 0 Å². The van der Waals surface area contributed by atoms with Crippen molar-refractivity contribution < 1.29 is 13.2 Å². The van der Waals surface area contributed by atoms with E-state index in [-0.39, 0.29) is 5.56 Å². The predicted octanol–water partition coefficient (Wildman–Crippen LogP) is 2.51. The third-order valence-electron chi connectivity index (χ3n) is 1.88. The lowest BCUT2D eigenvalue weighted by atomic mass is 10.0. The smallest absolute Gasteiger partial charge is 0.161 e. The molecular weight excluding hydrogens is 179 g/mol. The van der Waals surface area contributed by atoms with Gasteiger partial charge < -0.3 is 5.73 Å². The number of halogens is 3. The van der Waals surface area contributed by atoms with Crippen LogP contribution in [-0.4, -0.2) is 0 Å². The summed E-state index contributed by atoms with van der Waals surface area (Å²) in [6.45, 7) is 1.74. The van der Waals surface area contributed by atoms with Crippen molar-refractivity contribution in [3.63, 3.8) is 0 Å². The SMILES string of the molecule is CC[C@H](N)c1cc(F)c(F)cc1F. The van der Waals surface area contributed by atoms with Crippen molar-refractivity contribution in [2.45, 2.75) is 19.4 Å². The van der Waals surface area contributed by atoms with Crippen LogP contribution in [0.1, 0.15) is 24.9 Å². The van der Waals surface area contributed by atoms with Crippen LogP contribution in [0.3, 0.4) is 0 Å². The minimum absolute atomic E-state index is 0.0152. The van der Waals surface area contributed by atoms with Crippen molar-refractivity contribution in [3.05, 3.63) is 35.1 Å². The van der Waals surface area contributed by atoms with Crippen LogP contribution < -0.4 is 5.73 Å². The molecule has 4 heteroatoms. The summed E-state index contributed by atoms with van der Waals surface area (Å²) >= 11 is 0. The molecule has 0 saturated carbocycles. The van der Waals surface area contributed by atoms with Crippen LogP contribution in [0.4, 0.5) is 13.2 Å². The van der Waals surface area contributed by atoms with Crippen LogP contribution in [0.5, 0.6) is 0 Å². The molecule has 0 aliphatic rings. The average Bonchev–Trinajstić information content (AvgIpc) is 2.10. The van der Waals surface area contributed by atoms with Gasteiger partial charge in [0.2, 0.25) is 0 Å². The second kappa shape index (κ2) is 3.79. The molecule has 2 N–H and O–H groups in total. The second-order valence-corrected chi connectivity index (χ2v) is 2.80. The minimum Gasteiger partial charge on any atom is -0.324 e. The summed E-state index contributed by atoms with van der Waals surface area (Å²) in [5, 5.41) is 0. The monoisotopic (exact) mass is 189 g/mol. The lowest BCUT2D eigenvalue weighted by Crippen LogP contribution is -2.11. The van der Waals surface area contributed by atoms with Crippen LogP contribution >= 0.6 is 0 Å². The first-order valence-electron chi connectivity index (χ1n) is 3.96. The Morgan fingerprint density at radius 1 is 1.15 bits per heavy atom. The molecule has 0 heterocycles. The summed E-state index contributed by atoms with van der Waals surface area (Å²) in [5.41, 5.74) is 5.50. The number of nitrogens with two attached hydrogens (primary N) is 1. The Hall–Kier alpha value is -1.03. The molecule has 1 rings (SSSR count). The zero-order valence-electron chi connectivity index (χ0n) is 7.15. The summed E-state index contributed by atoms with van der Waals surface area (Å²) in [6, 6.07) is 0.731. The first-order valence-corrected chi connectivity index (χ1v) is 3.96. The number of benzene rings is 1. The molecule has 0 spiro atoms. The highest BCUT2D eigenvalue weighted by Crippen LogP contribution is 2.20. The van der Waals surface area contributed by atoms with E-state index in [0.29, 0.717) is 12.5 Å². The fraction of sp³-hybridized carbons (Fsp3) is 0.333. The normalized spacial score (nSPS) is 13.0. The molecular formula is C9H10F3N. The van der Waals surface area contributed by atoms with E-state index in [1.54, 1.807) is 6.92 Å². The number of hydrogen-bond acceptors (Lipinski definition) is 1. The van der Waals surface area contributed by atoms with E-state index in [2.05, 4.69) is 0 Å². The van der Waals surface area contributed by atoms with E-state index in [4.69, 9.17) is 5.73 Å². The van der Waals surface area contributed by atoms with Gasteiger partial charge in [-0.2, -0.15) is 0 Å². The number of rotatable bonds is 2. The molecule has 0 amide bonds. The lowest BCUT2D eigenvalue weighted by molar-refractivity contribution is 0.483. The molecule has 1 atom stereocenters. The van der Waals surface area contributed by atoms with E-state index in [0.717, 1.165) is 6.07 Å². The van der Waals surface area contributed by atoms with Gasteiger partial charge in [0.1, 0.15) is 5.82 Å². The van der Waals surface area contributed by atoms with Crippen LogP contribution in [-0.2, 0) is 0 Å². The maximum Gasteiger partial charge on any atom is 0.161 e. The second-order valence-electron chi connectivity index (χ2n) is 2.80. The molecule has 0 unspecified atom stereocenters. The maximum absolute atomic E-state index is 13.0. The summed E-state index contributed by atoms with van der Waals surface area (Å²) in [5.74, 6) is -3.06. The van der Waals surface area contributed by atoms with E-state index in [9.17, 15) is 13.2 Å². The van der Waals surface area contributed by atoms with Gasteiger partial charge in [0.05, 0.1) is 0 Å². The van der Waals surface area contributed by atoms with Gasteiger partial charge in [-0.1, -0.05) is 6.92 Å². The van der Waals surface area contributed by atoms with Crippen molar-refractivity contribution in [3.8, 4) is 0 Å². The largest absolute Gasteiger partial charge is 0.324 e. The third-order valence-corrected chi connectivity index (χ3v) is 1.88. The molecule has 0 saturated heterocycles. The van der Waals surface area contributed by atoms with Gasteiger partial charge in [0.15, 0.2) is 11.6 Å². The molecule has 0 aliphatic carbocycles. The van der Waals surface area contributed by atoms with E-state index in [1.807, 2.05) is 0 Å². The first kappa shape index (κ1) is 10.1. The molecule has 1 aromatic rings. The zero-order chi connectivity index (χ0) is 10.0. The topological polar surface area (TPSA) is 26.0 Å². The Labute approximate surface area is 74.4 Å². The molecule has 72 valence electrons. The average molecular weight is 189 g/mol. The van der Waals surface area contributed by atoms with Crippen LogP contribution in [0.15, 0.2) is 12.1 Å². The van der Waals surface area contributed by atoms with E-state index < -0.39 is 23.5 Å². The van der Waals surface area contributed by atoms with Crippen molar-refractivity contribution in [1.29, 1.82) is 0 Å². The van der Waals surface area contributed by atoms with Gasteiger partial charge in [0, 0.05) is 17.7 Å². The molecule has 0 fully saturated rings.